The lowest BCUT2D eigenvalue weighted by atomic mass is 9.74. The van der Waals surface area contributed by atoms with Crippen LogP contribution in [-0.4, -0.2) is 0 Å². The minimum Gasteiger partial charge on any atom is -0.0723 e. The number of hydrogen-bond donors (Lipinski definition) is 0. The highest BCUT2D eigenvalue weighted by Crippen LogP contribution is 2.64. The van der Waals surface area contributed by atoms with Crippen LogP contribution in [0.3, 0.4) is 0 Å². The molecule has 3 aromatic rings. The molecule has 1 saturated carbocycles. The van der Waals surface area contributed by atoms with E-state index in [0.29, 0.717) is 16.7 Å². The van der Waals surface area contributed by atoms with Crippen molar-refractivity contribution in [2.75, 3.05) is 0 Å². The molecule has 2 aliphatic rings. The summed E-state index contributed by atoms with van der Waals surface area (Å²) in [6.45, 7) is 23.8. The van der Waals surface area contributed by atoms with E-state index in [-0.39, 0.29) is 10.8 Å². The summed E-state index contributed by atoms with van der Waals surface area (Å²) in [5.41, 5.74) is 11.0. The van der Waals surface area contributed by atoms with Crippen molar-refractivity contribution in [3.8, 4) is 22.3 Å². The van der Waals surface area contributed by atoms with Crippen LogP contribution in [0, 0.1) is 16.7 Å². The van der Waals surface area contributed by atoms with Gasteiger partial charge in [-0.15, -0.1) is 0 Å². The molecule has 1 fully saturated rings. The van der Waals surface area contributed by atoms with Gasteiger partial charge < -0.3 is 0 Å². The van der Waals surface area contributed by atoms with E-state index in [0.717, 1.165) is 0 Å². The standard InChI is InChI=1S/C49H70/c1-11-12-13-14-15-16-17-18-19-20-31-48(9,10)35-49-33-36(2)45-43(38-23-27-40(28-24-38)47(6,7)8)30-29-42(44(45)32-41(49)34-49)37-21-25-39(26-22-37)46(3,4)5/h21-30,32,41H,11-20,31,33-35H2,1-10H3. The smallest absolute Gasteiger partial charge is 0.0106 e. The van der Waals surface area contributed by atoms with Crippen LogP contribution in [0.5, 0.6) is 0 Å². The first-order valence-electron chi connectivity index (χ1n) is 20.2. The minimum atomic E-state index is 0.155. The van der Waals surface area contributed by atoms with E-state index in [2.05, 4.69) is 136 Å². The summed E-state index contributed by atoms with van der Waals surface area (Å²) >= 11 is 0. The van der Waals surface area contributed by atoms with E-state index in [1.165, 1.54) is 134 Å². The lowest BCUT2D eigenvalue weighted by Gasteiger charge is -2.31. The molecular formula is C49H70. The highest BCUT2D eigenvalue weighted by atomic mass is 14.6. The van der Waals surface area contributed by atoms with Gasteiger partial charge in [-0.05, 0) is 104 Å². The Bertz CT molecular complexity index is 1650. The average molecular weight is 659 g/mol. The van der Waals surface area contributed by atoms with Gasteiger partial charge in [0.1, 0.15) is 0 Å². The fourth-order valence-corrected chi connectivity index (χ4v) is 9.08. The Morgan fingerprint density at radius 3 is 1.57 bits per heavy atom. The Morgan fingerprint density at radius 1 is 0.592 bits per heavy atom. The van der Waals surface area contributed by atoms with Crippen molar-refractivity contribution in [3.05, 3.63) is 82.2 Å². The minimum absolute atomic E-state index is 0.155. The van der Waals surface area contributed by atoms with Gasteiger partial charge in [0.25, 0.3) is 0 Å². The molecule has 0 aliphatic heterocycles. The predicted octanol–water partition coefficient (Wildman–Crippen LogP) is 13.7. The highest BCUT2D eigenvalue weighted by Gasteiger charge is 2.55. The third-order valence-electron chi connectivity index (χ3n) is 12.1. The van der Waals surface area contributed by atoms with Gasteiger partial charge in [-0.25, -0.2) is 0 Å². The van der Waals surface area contributed by atoms with E-state index in [1.54, 1.807) is 5.57 Å². The largest absolute Gasteiger partial charge is 0.0723 e. The second kappa shape index (κ2) is 15.3. The first-order chi connectivity index (χ1) is 23.1. The molecule has 266 valence electrons. The van der Waals surface area contributed by atoms with E-state index in [1.807, 2.05) is 0 Å². The van der Waals surface area contributed by atoms with Gasteiger partial charge in [-0.2, -0.15) is 0 Å². The van der Waals surface area contributed by atoms with Crippen LogP contribution in [0.15, 0.2) is 60.7 Å². The summed E-state index contributed by atoms with van der Waals surface area (Å²) in [6, 6.07) is 23.8. The van der Waals surface area contributed by atoms with Gasteiger partial charge in [-0.1, -0.05) is 199 Å². The van der Waals surface area contributed by atoms with Crippen LogP contribution in [0.2, 0.25) is 0 Å². The van der Waals surface area contributed by atoms with Crippen molar-refractivity contribution in [1.82, 2.24) is 0 Å². The zero-order chi connectivity index (χ0) is 35.5. The second-order valence-corrected chi connectivity index (χ2v) is 19.2. The molecule has 0 spiro atoms. The van der Waals surface area contributed by atoms with Crippen molar-refractivity contribution in [1.29, 1.82) is 0 Å². The van der Waals surface area contributed by atoms with Gasteiger partial charge in [0.15, 0.2) is 0 Å². The molecule has 49 heavy (non-hydrogen) atoms. The fraction of sp³-hybridized carbons (Fsp3) is 0.592. The number of rotatable bonds is 15. The fourth-order valence-electron chi connectivity index (χ4n) is 9.08. The van der Waals surface area contributed by atoms with E-state index >= 15 is 0 Å². The van der Waals surface area contributed by atoms with Crippen molar-refractivity contribution >= 4 is 11.6 Å². The molecule has 0 nitrogen and oxygen atoms in total. The summed E-state index contributed by atoms with van der Waals surface area (Å²) in [5, 5.41) is 2.98. The molecule has 5 rings (SSSR count). The Kier molecular flexibility index (Phi) is 11.8. The van der Waals surface area contributed by atoms with Crippen molar-refractivity contribution < 1.29 is 0 Å². The Morgan fingerprint density at radius 2 is 1.06 bits per heavy atom. The lowest BCUT2D eigenvalue weighted by molar-refractivity contribution is 0.222. The topological polar surface area (TPSA) is 0 Å². The maximum Gasteiger partial charge on any atom is -0.0106 e. The zero-order valence-corrected chi connectivity index (χ0v) is 33.3. The second-order valence-electron chi connectivity index (χ2n) is 19.2. The normalized spacial score (nSPS) is 19.2. The Hall–Kier alpha value is -2.60. The van der Waals surface area contributed by atoms with Crippen LogP contribution in [0.1, 0.15) is 170 Å². The third kappa shape index (κ3) is 9.40. The molecule has 0 amide bonds. The number of benzene rings is 3. The predicted molar refractivity (Wildman–Crippen MR) is 218 cm³/mol. The monoisotopic (exact) mass is 659 g/mol. The van der Waals surface area contributed by atoms with E-state index in [4.69, 9.17) is 0 Å². The molecule has 0 aromatic heterocycles. The molecule has 2 aliphatic carbocycles. The molecule has 0 bridgehead atoms. The van der Waals surface area contributed by atoms with Crippen LogP contribution in [-0.2, 0) is 10.8 Å². The Labute approximate surface area is 301 Å². The quantitative estimate of drug-likeness (QED) is 0.143. The summed E-state index contributed by atoms with van der Waals surface area (Å²) in [4.78, 5) is 0. The van der Waals surface area contributed by atoms with Crippen molar-refractivity contribution in [2.45, 2.75) is 170 Å². The number of hydrogen-bond acceptors (Lipinski definition) is 0. The summed E-state index contributed by atoms with van der Waals surface area (Å²) < 4.78 is 0. The Balaban J connectivity index is 1.40. The van der Waals surface area contributed by atoms with Crippen molar-refractivity contribution in [3.63, 3.8) is 0 Å². The molecule has 2 atom stereocenters. The molecule has 0 heterocycles. The highest BCUT2D eigenvalue weighted by molar-refractivity contribution is 5.76. The molecule has 0 heteroatoms. The lowest BCUT2D eigenvalue weighted by Crippen LogP contribution is -2.31. The molecule has 0 N–H and O–H groups in total. The maximum absolute atomic E-state index is 2.72. The third-order valence-corrected chi connectivity index (χ3v) is 12.1. The molecule has 2 unspecified atom stereocenters. The van der Waals surface area contributed by atoms with Crippen molar-refractivity contribution in [2.24, 2.45) is 16.7 Å². The van der Waals surface area contributed by atoms with E-state index in [9.17, 15) is 0 Å². The molecular weight excluding hydrogens is 589 g/mol. The molecule has 0 radical (unpaired) electrons. The molecule has 0 saturated heterocycles. The van der Waals surface area contributed by atoms with Gasteiger partial charge in [0, 0.05) is 0 Å². The van der Waals surface area contributed by atoms with Crippen LogP contribution < -0.4 is 10.4 Å². The summed E-state index contributed by atoms with van der Waals surface area (Å²) in [6.07, 6.45) is 22.2. The summed E-state index contributed by atoms with van der Waals surface area (Å²) in [5.74, 6) is 0.668. The van der Waals surface area contributed by atoms with Gasteiger partial charge in [0.2, 0.25) is 0 Å². The molecule has 3 aromatic carbocycles. The summed E-state index contributed by atoms with van der Waals surface area (Å²) in [7, 11) is 0. The first-order valence-corrected chi connectivity index (χ1v) is 20.2. The van der Waals surface area contributed by atoms with Crippen LogP contribution in [0.25, 0.3) is 33.9 Å². The van der Waals surface area contributed by atoms with Crippen LogP contribution >= 0.6 is 0 Å². The zero-order valence-electron chi connectivity index (χ0n) is 33.3. The van der Waals surface area contributed by atoms with Crippen LogP contribution in [0.4, 0.5) is 0 Å². The van der Waals surface area contributed by atoms with E-state index < -0.39 is 0 Å². The average Bonchev–Trinajstić information content (AvgIpc) is 3.71. The van der Waals surface area contributed by atoms with Gasteiger partial charge >= 0.3 is 0 Å². The number of unbranched alkanes of at least 4 members (excludes halogenated alkanes) is 9. The maximum atomic E-state index is 2.72. The first kappa shape index (κ1) is 37.7. The van der Waals surface area contributed by atoms with Gasteiger partial charge in [0.05, 0.1) is 0 Å². The van der Waals surface area contributed by atoms with Gasteiger partial charge in [-0.3, -0.25) is 0 Å². The SMILES string of the molecule is CCCCCCCCCCCCC(C)(C)CC12CC(C)=c3c(-c4ccc(C(C)(C)C)cc4)ccc(-c4ccc(C(C)(C)C)cc4)c3=CC1C2. The number of fused-ring (bicyclic) bond motifs is 2.